The Morgan fingerprint density at radius 3 is 3.14 bits per heavy atom. The van der Waals surface area contributed by atoms with E-state index in [0.29, 0.717) is 6.54 Å². The molecular formula is C11H11ClN2. The number of hydrogen-bond donors (Lipinski definition) is 1. The molecule has 72 valence electrons. The molecule has 14 heavy (non-hydrogen) atoms. The molecule has 0 saturated carbocycles. The van der Waals surface area contributed by atoms with Gasteiger partial charge in [0.2, 0.25) is 0 Å². The molecule has 0 bridgehead atoms. The van der Waals surface area contributed by atoms with Crippen molar-refractivity contribution >= 4 is 17.8 Å². The van der Waals surface area contributed by atoms with Crippen LogP contribution >= 0.6 is 11.6 Å². The number of nitrogens with zero attached hydrogens (tertiary/aromatic N) is 1. The second-order valence-electron chi connectivity index (χ2n) is 2.68. The first-order valence-corrected chi connectivity index (χ1v) is 4.63. The standard InChI is InChI=1S/C11H11ClN2/c1-2-7-13-14-8-6-10-4-3-5-11(12)9-10/h1,3-5,8-9,13H,6-7H2/b14-8+. The van der Waals surface area contributed by atoms with Gasteiger partial charge in [-0.1, -0.05) is 29.7 Å². The van der Waals surface area contributed by atoms with Gasteiger partial charge in [0.1, 0.15) is 0 Å². The highest BCUT2D eigenvalue weighted by atomic mass is 35.5. The molecule has 0 heterocycles. The van der Waals surface area contributed by atoms with Crippen LogP contribution in [-0.4, -0.2) is 12.8 Å². The molecule has 1 aromatic carbocycles. The highest BCUT2D eigenvalue weighted by Crippen LogP contribution is 2.10. The molecule has 0 unspecified atom stereocenters. The fourth-order valence-corrected chi connectivity index (χ4v) is 1.18. The van der Waals surface area contributed by atoms with Gasteiger partial charge in [-0.05, 0) is 17.7 Å². The summed E-state index contributed by atoms with van der Waals surface area (Å²) in [5, 5.41) is 4.67. The van der Waals surface area contributed by atoms with Crippen LogP contribution in [-0.2, 0) is 6.42 Å². The molecule has 0 saturated heterocycles. The Balaban J connectivity index is 2.38. The van der Waals surface area contributed by atoms with Crippen molar-refractivity contribution in [3.05, 3.63) is 34.9 Å². The van der Waals surface area contributed by atoms with Gasteiger partial charge in [-0.2, -0.15) is 5.10 Å². The van der Waals surface area contributed by atoms with E-state index in [1.54, 1.807) is 6.21 Å². The smallest absolute Gasteiger partial charge is 0.0935 e. The molecule has 2 nitrogen and oxygen atoms in total. The van der Waals surface area contributed by atoms with Gasteiger partial charge in [-0.3, -0.25) is 5.43 Å². The Labute approximate surface area is 89.0 Å². The first-order valence-electron chi connectivity index (χ1n) is 4.25. The van der Waals surface area contributed by atoms with E-state index >= 15 is 0 Å². The number of benzene rings is 1. The molecule has 1 N–H and O–H groups in total. The summed E-state index contributed by atoms with van der Waals surface area (Å²) in [7, 11) is 0. The van der Waals surface area contributed by atoms with Gasteiger partial charge in [0.25, 0.3) is 0 Å². The van der Waals surface area contributed by atoms with Crippen molar-refractivity contribution in [3.8, 4) is 12.3 Å². The Morgan fingerprint density at radius 1 is 1.57 bits per heavy atom. The Bertz CT molecular complexity index is 353. The van der Waals surface area contributed by atoms with Crippen LogP contribution in [0.3, 0.4) is 0 Å². The van der Waals surface area contributed by atoms with Crippen LogP contribution in [0.4, 0.5) is 0 Å². The predicted octanol–water partition coefficient (Wildman–Crippen LogP) is 2.09. The lowest BCUT2D eigenvalue weighted by molar-refractivity contribution is 0.841. The maximum Gasteiger partial charge on any atom is 0.0935 e. The summed E-state index contributed by atoms with van der Waals surface area (Å²) < 4.78 is 0. The van der Waals surface area contributed by atoms with Gasteiger partial charge in [0, 0.05) is 17.7 Å². The minimum Gasteiger partial charge on any atom is -0.298 e. The van der Waals surface area contributed by atoms with E-state index < -0.39 is 0 Å². The number of hydrogen-bond acceptors (Lipinski definition) is 2. The zero-order valence-electron chi connectivity index (χ0n) is 7.70. The zero-order valence-corrected chi connectivity index (χ0v) is 8.46. The van der Waals surface area contributed by atoms with Crippen molar-refractivity contribution in [2.75, 3.05) is 6.54 Å². The molecule has 0 aliphatic rings. The molecule has 1 aromatic rings. The van der Waals surface area contributed by atoms with Crippen LogP contribution in [0.5, 0.6) is 0 Å². The molecule has 1 rings (SSSR count). The van der Waals surface area contributed by atoms with Crippen LogP contribution < -0.4 is 5.43 Å². The van der Waals surface area contributed by atoms with Crippen LogP contribution in [0.1, 0.15) is 5.56 Å². The van der Waals surface area contributed by atoms with Gasteiger partial charge >= 0.3 is 0 Å². The highest BCUT2D eigenvalue weighted by molar-refractivity contribution is 6.30. The number of rotatable bonds is 4. The lowest BCUT2D eigenvalue weighted by atomic mass is 10.2. The van der Waals surface area contributed by atoms with Crippen LogP contribution in [0.25, 0.3) is 0 Å². The lowest BCUT2D eigenvalue weighted by Crippen LogP contribution is -2.05. The molecule has 0 spiro atoms. The maximum atomic E-state index is 5.82. The predicted molar refractivity (Wildman–Crippen MR) is 60.5 cm³/mol. The third kappa shape index (κ3) is 3.97. The monoisotopic (exact) mass is 206 g/mol. The van der Waals surface area contributed by atoms with Crippen LogP contribution in [0, 0.1) is 12.3 Å². The maximum absolute atomic E-state index is 5.82. The normalized spacial score (nSPS) is 10.0. The van der Waals surface area contributed by atoms with Gasteiger partial charge in [-0.25, -0.2) is 0 Å². The Morgan fingerprint density at radius 2 is 2.43 bits per heavy atom. The second-order valence-corrected chi connectivity index (χ2v) is 3.12. The summed E-state index contributed by atoms with van der Waals surface area (Å²) >= 11 is 5.82. The molecule has 0 amide bonds. The highest BCUT2D eigenvalue weighted by Gasteiger charge is 1.90. The third-order valence-electron chi connectivity index (χ3n) is 1.58. The summed E-state index contributed by atoms with van der Waals surface area (Å²) in [6.07, 6.45) is 7.55. The summed E-state index contributed by atoms with van der Waals surface area (Å²) in [4.78, 5) is 0. The quantitative estimate of drug-likeness (QED) is 0.347. The number of terminal acetylenes is 1. The van der Waals surface area contributed by atoms with Crippen LogP contribution in [0.15, 0.2) is 29.4 Å². The largest absolute Gasteiger partial charge is 0.298 e. The van der Waals surface area contributed by atoms with E-state index in [0.717, 1.165) is 17.0 Å². The third-order valence-corrected chi connectivity index (χ3v) is 1.81. The summed E-state index contributed by atoms with van der Waals surface area (Å²) in [5.41, 5.74) is 3.85. The fourth-order valence-electron chi connectivity index (χ4n) is 0.971. The molecule has 0 atom stereocenters. The first kappa shape index (κ1) is 10.6. The van der Waals surface area contributed by atoms with Gasteiger partial charge < -0.3 is 0 Å². The van der Waals surface area contributed by atoms with Gasteiger partial charge in [0.15, 0.2) is 0 Å². The van der Waals surface area contributed by atoms with Crippen molar-refractivity contribution in [2.24, 2.45) is 5.10 Å². The van der Waals surface area contributed by atoms with Crippen molar-refractivity contribution in [3.63, 3.8) is 0 Å². The lowest BCUT2D eigenvalue weighted by Gasteiger charge is -1.96. The SMILES string of the molecule is C#CCN/N=C/Cc1cccc(Cl)c1. The van der Waals surface area contributed by atoms with E-state index in [9.17, 15) is 0 Å². The summed E-state index contributed by atoms with van der Waals surface area (Å²) in [6, 6.07) is 7.67. The van der Waals surface area contributed by atoms with E-state index in [1.165, 1.54) is 0 Å². The fraction of sp³-hybridized carbons (Fsp3) is 0.182. The molecule has 0 aromatic heterocycles. The van der Waals surface area contributed by atoms with Crippen molar-refractivity contribution in [2.45, 2.75) is 6.42 Å². The Kier molecular flexibility index (Phi) is 4.60. The van der Waals surface area contributed by atoms with E-state index in [-0.39, 0.29) is 0 Å². The average Bonchev–Trinajstić information content (AvgIpc) is 2.18. The summed E-state index contributed by atoms with van der Waals surface area (Å²) in [5.74, 6) is 2.43. The van der Waals surface area contributed by atoms with Crippen molar-refractivity contribution in [1.82, 2.24) is 5.43 Å². The number of hydrazone groups is 1. The van der Waals surface area contributed by atoms with Gasteiger partial charge in [0.05, 0.1) is 6.54 Å². The topological polar surface area (TPSA) is 24.4 Å². The molecule has 3 heteroatoms. The molecule has 0 aliphatic heterocycles. The minimum absolute atomic E-state index is 0.450. The van der Waals surface area contributed by atoms with Gasteiger partial charge in [-0.15, -0.1) is 6.42 Å². The van der Waals surface area contributed by atoms with Crippen LogP contribution in [0.2, 0.25) is 5.02 Å². The van der Waals surface area contributed by atoms with E-state index in [1.807, 2.05) is 24.3 Å². The second kappa shape index (κ2) is 6.06. The zero-order chi connectivity index (χ0) is 10.2. The van der Waals surface area contributed by atoms with E-state index in [4.69, 9.17) is 18.0 Å². The minimum atomic E-state index is 0.450. The van der Waals surface area contributed by atoms with Crippen molar-refractivity contribution < 1.29 is 0 Å². The first-order chi connectivity index (χ1) is 6.83. The number of nitrogens with one attached hydrogen (secondary N) is 1. The molecule has 0 aliphatic carbocycles. The molecule has 0 radical (unpaired) electrons. The Hall–Kier alpha value is -1.46. The summed E-state index contributed by atoms with van der Waals surface area (Å²) in [6.45, 7) is 0.450. The molecule has 0 fully saturated rings. The van der Waals surface area contributed by atoms with E-state index in [2.05, 4.69) is 16.4 Å². The molecular weight excluding hydrogens is 196 g/mol. The average molecular weight is 207 g/mol. The number of halogens is 1. The van der Waals surface area contributed by atoms with Crippen molar-refractivity contribution in [1.29, 1.82) is 0 Å².